The molecule has 0 spiro atoms. The van der Waals surface area contributed by atoms with Crippen molar-refractivity contribution in [2.24, 2.45) is 0 Å². The van der Waals surface area contributed by atoms with Crippen LogP contribution in [0.4, 0.5) is 11.4 Å². The van der Waals surface area contributed by atoms with Crippen molar-refractivity contribution in [2.75, 3.05) is 63.4 Å². The summed E-state index contributed by atoms with van der Waals surface area (Å²) >= 11 is 1.62. The predicted molar refractivity (Wildman–Crippen MR) is 245 cm³/mol. The van der Waals surface area contributed by atoms with E-state index in [2.05, 4.69) is 199 Å². The number of hydrogen-bond acceptors (Lipinski definition) is 6. The Balaban J connectivity index is 0.000000192. The minimum Gasteiger partial charge on any atom is -0.0620 e. The molecule has 6 nitrogen and oxygen atoms in total. The van der Waals surface area contributed by atoms with E-state index in [1.165, 1.54) is 60.7 Å². The van der Waals surface area contributed by atoms with Crippen molar-refractivity contribution >= 4 is 44.9 Å². The molecule has 2 aliphatic rings. The summed E-state index contributed by atoms with van der Waals surface area (Å²) in [4.78, 5) is 9.00. The van der Waals surface area contributed by atoms with Gasteiger partial charge in [-0.1, -0.05) is 90.0 Å². The van der Waals surface area contributed by atoms with Gasteiger partial charge in [0.2, 0.25) is 0 Å². The van der Waals surface area contributed by atoms with E-state index in [9.17, 15) is 0 Å². The second-order valence-corrected chi connectivity index (χ2v) is 16.8. The Morgan fingerprint density at radius 1 is 0.526 bits per heavy atom. The second kappa shape index (κ2) is 24.3. The van der Waals surface area contributed by atoms with Crippen LogP contribution in [0, 0.1) is 54.9 Å². The van der Waals surface area contributed by atoms with Crippen LogP contribution in [0.25, 0.3) is 0 Å². The Labute approximate surface area is 358 Å². The number of anilines is 2. The Kier molecular flexibility index (Phi) is 19.6. The van der Waals surface area contributed by atoms with E-state index >= 15 is 0 Å². The number of rotatable bonds is 11. The molecule has 0 saturated carbocycles. The van der Waals surface area contributed by atoms with Gasteiger partial charge in [-0.2, -0.15) is 13.3 Å². The molecule has 0 bridgehead atoms. The number of benzene rings is 5. The number of hydrogen-bond donors (Lipinski definition) is 0. The van der Waals surface area contributed by atoms with Crippen molar-refractivity contribution in [1.29, 1.82) is 0 Å². The molecular weight excluding hydrogens is 832 g/mol. The molecule has 1 fully saturated rings. The molecule has 0 N–H and O–H groups in total. The third-order valence-electron chi connectivity index (χ3n) is 9.75. The molecule has 0 amide bonds. The zero-order valence-corrected chi connectivity index (χ0v) is 38.5. The van der Waals surface area contributed by atoms with Crippen LogP contribution in [0.2, 0.25) is 0 Å². The van der Waals surface area contributed by atoms with Crippen molar-refractivity contribution in [3.63, 3.8) is 0 Å². The molecule has 304 valence electrons. The maximum Gasteiger partial charge on any atom is 0.102 e. The van der Waals surface area contributed by atoms with Crippen molar-refractivity contribution in [1.82, 2.24) is 9.80 Å². The summed E-state index contributed by atoms with van der Waals surface area (Å²) in [6.07, 6.45) is 4.07. The fourth-order valence-corrected chi connectivity index (χ4v) is 10.1. The molecule has 0 unspecified atom stereocenters. The van der Waals surface area contributed by atoms with Crippen molar-refractivity contribution in [2.45, 2.75) is 41.5 Å². The summed E-state index contributed by atoms with van der Waals surface area (Å²) in [5.74, 6) is 0. The van der Waals surface area contributed by atoms with E-state index < -0.39 is 7.92 Å². The van der Waals surface area contributed by atoms with Crippen molar-refractivity contribution in [3.05, 3.63) is 174 Å². The predicted octanol–water partition coefficient (Wildman–Crippen LogP) is 9.07. The third kappa shape index (κ3) is 13.7. The van der Waals surface area contributed by atoms with Gasteiger partial charge in [0.15, 0.2) is 0 Å². The molecular formula is C48H61ClN4O2PRu+. The zero-order valence-electron chi connectivity index (χ0n) is 34.9. The van der Waals surface area contributed by atoms with Gasteiger partial charge in [-0.15, -0.1) is 0 Å². The number of aryl methyl sites for hydroxylation is 6. The maximum absolute atomic E-state index is 4.98. The maximum atomic E-state index is 4.98. The van der Waals surface area contributed by atoms with Crippen molar-refractivity contribution in [3.8, 4) is 0 Å². The van der Waals surface area contributed by atoms with Crippen LogP contribution in [-0.4, -0.2) is 63.4 Å². The average molecular weight is 894 g/mol. The van der Waals surface area contributed by atoms with Gasteiger partial charge in [-0.05, 0) is 113 Å². The number of ether oxygens (including phenoxy) is 2. The fraction of sp³-hybridized carbons (Fsp3) is 0.292. The van der Waals surface area contributed by atoms with Crippen LogP contribution in [0.3, 0.4) is 0 Å². The molecule has 5 aromatic rings. The molecule has 2 heterocycles. The minimum absolute atomic E-state index is 0.749. The van der Waals surface area contributed by atoms with Gasteiger partial charge < -0.3 is 29.1 Å². The summed E-state index contributed by atoms with van der Waals surface area (Å²) in [6.45, 7) is 22.9. The van der Waals surface area contributed by atoms with Gasteiger partial charge in [-0.3, -0.25) is 0 Å². The Morgan fingerprint density at radius 3 is 1.14 bits per heavy atom. The summed E-state index contributed by atoms with van der Waals surface area (Å²) < 4.78 is 9.96. The van der Waals surface area contributed by atoms with Gasteiger partial charge in [0.25, 0.3) is 0 Å². The van der Waals surface area contributed by atoms with Gasteiger partial charge in [0, 0.05) is 51.8 Å². The molecule has 7 rings (SSSR count). The first-order valence-electron chi connectivity index (χ1n) is 19.4. The van der Waals surface area contributed by atoms with E-state index in [1.54, 1.807) is 31.5 Å². The van der Waals surface area contributed by atoms with Crippen LogP contribution in [-0.2, 0) is 26.8 Å². The van der Waals surface area contributed by atoms with Crippen LogP contribution in [0.15, 0.2) is 128 Å². The van der Waals surface area contributed by atoms with Crippen LogP contribution in [0.1, 0.15) is 33.4 Å². The van der Waals surface area contributed by atoms with Gasteiger partial charge in [0.05, 0.1) is 21.1 Å². The quantitative estimate of drug-likeness (QED) is 0.0748. The van der Waals surface area contributed by atoms with E-state index in [0.717, 1.165) is 39.4 Å². The average Bonchev–Trinajstić information content (AvgIpc) is 3.88. The smallest absolute Gasteiger partial charge is 0.0620 e. The van der Waals surface area contributed by atoms with Gasteiger partial charge >= 0.3 is 27.0 Å². The standard InChI is InChI=1S/C21H27N2.C18H15P.C9H17N2O2.ClH.Ru.H/c1-14-9-16(3)20(17(4)10-14)22-7-8-23(13-22)21-18(5)11-15(2)12-19(21)6;1-4-10-16(11-5-1)19(17-12-6-2-7-13-17)18-14-8-3-9-15-18;1-12-7-5-10-3-4-11(9-10)6-8-13-2;;;/h9-13H,7-8H2,1-6H3;1-15H;3-4,9H,5-8H2,1-2H3;1H;;/q-1;;-1;;+3;. The minimum atomic E-state index is -0.877. The largest absolute Gasteiger partial charge is 0.102 e. The third-order valence-corrected chi connectivity index (χ3v) is 12.5. The summed E-state index contributed by atoms with van der Waals surface area (Å²) in [5.41, 5.74) is 10.8. The first-order valence-corrected chi connectivity index (χ1v) is 23.3. The summed E-state index contributed by atoms with van der Waals surface area (Å²) in [6, 6.07) is 41.6. The normalized spacial score (nSPS) is 13.2. The Morgan fingerprint density at radius 2 is 0.842 bits per heavy atom. The topological polar surface area (TPSA) is 31.4 Å². The molecule has 0 aliphatic carbocycles. The first-order chi connectivity index (χ1) is 27.7. The van der Waals surface area contributed by atoms with Crippen LogP contribution in [0.5, 0.6) is 0 Å². The molecule has 1 saturated heterocycles. The molecule has 57 heavy (non-hydrogen) atoms. The molecule has 2 aliphatic heterocycles. The summed E-state index contributed by atoms with van der Waals surface area (Å²) in [7, 11) is 7.15. The fourth-order valence-electron chi connectivity index (χ4n) is 7.50. The number of nitrogens with zero attached hydrogens (tertiary/aromatic N) is 4. The van der Waals surface area contributed by atoms with E-state index in [1.807, 2.05) is 12.4 Å². The number of halogens is 1. The van der Waals surface area contributed by atoms with E-state index in [-0.39, 0.29) is 0 Å². The SMILES string of the molecule is COCCN1C=CN(CCOC)[CH-]1.Cc1cc(C)c(N2[CH-]N(c3c(C)cc(C)cc3C)CC2)c(C)c1.[Cl][RuH+2].c1ccc([PH+](c2ccccc2)c2ccccc2)cc1. The molecule has 9 heteroatoms. The molecule has 5 aromatic carbocycles. The monoisotopic (exact) mass is 893 g/mol. The molecule has 0 atom stereocenters. The molecule has 0 radical (unpaired) electrons. The van der Waals surface area contributed by atoms with E-state index in [4.69, 9.17) is 9.47 Å². The first kappa shape index (κ1) is 46.0. The van der Waals surface area contributed by atoms with Crippen LogP contribution >= 0.6 is 17.6 Å². The van der Waals surface area contributed by atoms with Crippen molar-refractivity contribution < 1.29 is 26.8 Å². The zero-order chi connectivity index (χ0) is 41.2. The molecule has 0 aromatic heterocycles. The second-order valence-electron chi connectivity index (χ2n) is 14.3. The Bertz CT molecular complexity index is 1730. The van der Waals surface area contributed by atoms with E-state index in [0.29, 0.717) is 0 Å². The summed E-state index contributed by atoms with van der Waals surface area (Å²) in [5, 5.41) is 4.31. The Hall–Kier alpha value is -3.70. The number of methoxy groups -OCH3 is 2. The van der Waals surface area contributed by atoms with Gasteiger partial charge in [-0.25, -0.2) is 0 Å². The van der Waals surface area contributed by atoms with Gasteiger partial charge in [0.1, 0.15) is 15.9 Å². The van der Waals surface area contributed by atoms with Crippen LogP contribution < -0.4 is 25.7 Å².